The van der Waals surface area contributed by atoms with Crippen molar-refractivity contribution in [3.8, 4) is 0 Å². The Labute approximate surface area is 115 Å². The van der Waals surface area contributed by atoms with Crippen LogP contribution in [0.25, 0.3) is 0 Å². The first-order chi connectivity index (χ1) is 9.27. The van der Waals surface area contributed by atoms with Gasteiger partial charge in [-0.3, -0.25) is 4.79 Å². The van der Waals surface area contributed by atoms with Gasteiger partial charge in [0.05, 0.1) is 5.56 Å². The lowest BCUT2D eigenvalue weighted by atomic mass is 10.1. The summed E-state index contributed by atoms with van der Waals surface area (Å²) in [5.74, 6) is -0.505. The lowest BCUT2D eigenvalue weighted by molar-refractivity contribution is -0.137. The number of rotatable bonds is 5. The van der Waals surface area contributed by atoms with Crippen LogP contribution in [0.15, 0.2) is 18.2 Å². The second-order valence-corrected chi connectivity index (χ2v) is 4.21. The predicted molar refractivity (Wildman–Crippen MR) is 69.1 cm³/mol. The summed E-state index contributed by atoms with van der Waals surface area (Å²) >= 11 is 0. The molecule has 1 amide bonds. The molecular weight excluding hydrogens is 273 g/mol. The molecule has 4 nitrogen and oxygen atoms in total. The molecule has 112 valence electrons. The highest BCUT2D eigenvalue weighted by Crippen LogP contribution is 2.32. The first kappa shape index (κ1) is 16.5. The Hall–Kier alpha value is -1.60. The zero-order valence-electron chi connectivity index (χ0n) is 11.3. The smallest absolute Gasteiger partial charge is 0.369 e. The molecule has 20 heavy (non-hydrogen) atoms. The van der Waals surface area contributed by atoms with Crippen LogP contribution in [0, 0.1) is 0 Å². The van der Waals surface area contributed by atoms with Crippen LogP contribution in [0.1, 0.15) is 25.0 Å². The molecule has 0 aliphatic rings. The van der Waals surface area contributed by atoms with Crippen molar-refractivity contribution in [2.75, 3.05) is 11.9 Å². The van der Waals surface area contributed by atoms with Gasteiger partial charge >= 0.3 is 6.18 Å². The molecule has 0 heterocycles. The van der Waals surface area contributed by atoms with E-state index < -0.39 is 23.8 Å². The standard InChI is InChI=1S/C13H17F3N2O2/c1-3-20-8(2)12(19)18-11-5-9(7-17)4-10(6-11)13(14,15)16/h4-6,8H,3,7,17H2,1-2H3,(H,18,19). The topological polar surface area (TPSA) is 64.3 Å². The highest BCUT2D eigenvalue weighted by molar-refractivity contribution is 5.94. The number of anilines is 1. The van der Waals surface area contributed by atoms with E-state index in [1.165, 1.54) is 13.0 Å². The van der Waals surface area contributed by atoms with E-state index in [-0.39, 0.29) is 12.2 Å². The van der Waals surface area contributed by atoms with E-state index in [0.717, 1.165) is 12.1 Å². The van der Waals surface area contributed by atoms with Gasteiger partial charge in [-0.15, -0.1) is 0 Å². The Morgan fingerprint density at radius 2 is 2.05 bits per heavy atom. The summed E-state index contributed by atoms with van der Waals surface area (Å²) in [4.78, 5) is 11.7. The summed E-state index contributed by atoms with van der Waals surface area (Å²) in [6.45, 7) is 3.54. The minimum Gasteiger partial charge on any atom is -0.369 e. The van der Waals surface area contributed by atoms with E-state index in [9.17, 15) is 18.0 Å². The van der Waals surface area contributed by atoms with Gasteiger partial charge in [-0.1, -0.05) is 0 Å². The van der Waals surface area contributed by atoms with Crippen LogP contribution in [0.5, 0.6) is 0 Å². The van der Waals surface area contributed by atoms with Gasteiger partial charge in [0.2, 0.25) is 0 Å². The van der Waals surface area contributed by atoms with Crippen LogP contribution in [-0.2, 0) is 22.3 Å². The van der Waals surface area contributed by atoms with E-state index in [1.807, 2.05) is 0 Å². The van der Waals surface area contributed by atoms with Crippen LogP contribution >= 0.6 is 0 Å². The molecule has 0 bridgehead atoms. The molecule has 3 N–H and O–H groups in total. The van der Waals surface area contributed by atoms with Gasteiger partial charge in [-0.25, -0.2) is 0 Å². The first-order valence-electron chi connectivity index (χ1n) is 6.11. The van der Waals surface area contributed by atoms with Crippen molar-refractivity contribution in [1.29, 1.82) is 0 Å². The Kier molecular flexibility index (Phi) is 5.52. The molecule has 7 heteroatoms. The fourth-order valence-corrected chi connectivity index (χ4v) is 1.62. The van der Waals surface area contributed by atoms with Crippen LogP contribution in [0.2, 0.25) is 0 Å². The van der Waals surface area contributed by atoms with Gasteiger partial charge in [0, 0.05) is 18.8 Å². The molecule has 1 rings (SSSR count). The van der Waals surface area contributed by atoms with Gasteiger partial charge < -0.3 is 15.8 Å². The third-order valence-corrected chi connectivity index (χ3v) is 2.61. The summed E-state index contributed by atoms with van der Waals surface area (Å²) in [5, 5.41) is 2.39. The SMILES string of the molecule is CCOC(C)C(=O)Nc1cc(CN)cc(C(F)(F)F)c1. The quantitative estimate of drug-likeness (QED) is 0.876. The molecule has 1 aromatic rings. The number of carbonyl (C=O) groups is 1. The number of halogens is 3. The first-order valence-corrected chi connectivity index (χ1v) is 6.11. The number of nitrogens with two attached hydrogens (primary N) is 1. The average molecular weight is 290 g/mol. The highest BCUT2D eigenvalue weighted by atomic mass is 19.4. The molecule has 0 aliphatic heterocycles. The van der Waals surface area contributed by atoms with Gasteiger partial charge in [0.1, 0.15) is 6.10 Å². The molecule has 0 aromatic heterocycles. The summed E-state index contributed by atoms with van der Waals surface area (Å²) < 4.78 is 43.2. The summed E-state index contributed by atoms with van der Waals surface area (Å²) in [7, 11) is 0. The van der Waals surface area contributed by atoms with Crippen LogP contribution in [0.4, 0.5) is 18.9 Å². The van der Waals surface area contributed by atoms with Gasteiger partial charge in [-0.05, 0) is 37.6 Å². The molecule has 0 fully saturated rings. The number of ether oxygens (including phenoxy) is 1. The van der Waals surface area contributed by atoms with Crippen molar-refractivity contribution in [2.45, 2.75) is 32.7 Å². The molecule has 0 aliphatic carbocycles. The minimum atomic E-state index is -4.49. The maximum Gasteiger partial charge on any atom is 0.416 e. The Balaban J connectivity index is 2.98. The Morgan fingerprint density at radius 1 is 1.40 bits per heavy atom. The summed E-state index contributed by atoms with van der Waals surface area (Å²) in [6, 6.07) is 3.24. The molecule has 0 spiro atoms. The number of nitrogens with one attached hydrogen (secondary N) is 1. The number of amides is 1. The number of benzene rings is 1. The van der Waals surface area contributed by atoms with Crippen LogP contribution in [0.3, 0.4) is 0 Å². The molecule has 1 atom stereocenters. The monoisotopic (exact) mass is 290 g/mol. The largest absolute Gasteiger partial charge is 0.416 e. The molecule has 1 aromatic carbocycles. The van der Waals surface area contributed by atoms with Crippen molar-refractivity contribution in [3.05, 3.63) is 29.3 Å². The van der Waals surface area contributed by atoms with Gasteiger partial charge in [-0.2, -0.15) is 13.2 Å². The minimum absolute atomic E-state index is 0.0478. The van der Waals surface area contributed by atoms with Crippen molar-refractivity contribution < 1.29 is 22.7 Å². The maximum atomic E-state index is 12.7. The van der Waals surface area contributed by atoms with Crippen molar-refractivity contribution in [1.82, 2.24) is 0 Å². The third kappa shape index (κ3) is 4.50. The number of carbonyl (C=O) groups excluding carboxylic acids is 1. The van der Waals surface area contributed by atoms with E-state index >= 15 is 0 Å². The maximum absolute atomic E-state index is 12.7. The second-order valence-electron chi connectivity index (χ2n) is 4.21. The normalized spacial score (nSPS) is 13.1. The molecule has 0 saturated carbocycles. The molecule has 0 saturated heterocycles. The number of hydrogen-bond acceptors (Lipinski definition) is 3. The van der Waals surface area contributed by atoms with E-state index in [2.05, 4.69) is 5.32 Å². The van der Waals surface area contributed by atoms with Crippen molar-refractivity contribution in [2.24, 2.45) is 5.73 Å². The third-order valence-electron chi connectivity index (χ3n) is 2.61. The van der Waals surface area contributed by atoms with E-state index in [0.29, 0.717) is 12.2 Å². The Bertz CT molecular complexity index is 475. The number of alkyl halides is 3. The zero-order valence-corrected chi connectivity index (χ0v) is 11.3. The fourth-order valence-electron chi connectivity index (χ4n) is 1.62. The number of hydrogen-bond donors (Lipinski definition) is 2. The predicted octanol–water partition coefficient (Wildman–Crippen LogP) is 2.53. The summed E-state index contributed by atoms with van der Waals surface area (Å²) in [5.41, 5.74) is 4.86. The lowest BCUT2D eigenvalue weighted by Gasteiger charge is -2.15. The zero-order chi connectivity index (χ0) is 15.3. The lowest BCUT2D eigenvalue weighted by Crippen LogP contribution is -2.28. The Morgan fingerprint density at radius 3 is 2.55 bits per heavy atom. The van der Waals surface area contributed by atoms with E-state index in [4.69, 9.17) is 10.5 Å². The fraction of sp³-hybridized carbons (Fsp3) is 0.462. The molecular formula is C13H17F3N2O2. The van der Waals surface area contributed by atoms with Crippen LogP contribution in [-0.4, -0.2) is 18.6 Å². The highest BCUT2D eigenvalue weighted by Gasteiger charge is 2.31. The average Bonchev–Trinajstić information content (AvgIpc) is 2.37. The second kappa shape index (κ2) is 6.71. The van der Waals surface area contributed by atoms with Gasteiger partial charge in [0.25, 0.3) is 5.91 Å². The van der Waals surface area contributed by atoms with E-state index in [1.54, 1.807) is 6.92 Å². The molecule has 1 unspecified atom stereocenters. The molecule has 0 radical (unpaired) electrons. The van der Waals surface area contributed by atoms with Gasteiger partial charge in [0.15, 0.2) is 0 Å². The van der Waals surface area contributed by atoms with Crippen molar-refractivity contribution in [3.63, 3.8) is 0 Å². The van der Waals surface area contributed by atoms with Crippen molar-refractivity contribution >= 4 is 11.6 Å². The summed E-state index contributed by atoms with van der Waals surface area (Å²) in [6.07, 6.45) is -5.23. The van der Waals surface area contributed by atoms with Crippen LogP contribution < -0.4 is 11.1 Å².